The Kier molecular flexibility index (Phi) is 11.6. The molecule has 2 aromatic rings. The molecule has 9 heteroatoms. The molecule has 2 aromatic carbocycles. The van der Waals surface area contributed by atoms with Crippen molar-refractivity contribution in [3.63, 3.8) is 0 Å². The van der Waals surface area contributed by atoms with Crippen LogP contribution in [-0.4, -0.2) is 56.7 Å². The first-order chi connectivity index (χ1) is 19.0. The summed E-state index contributed by atoms with van der Waals surface area (Å²) in [7, 11) is 0. The van der Waals surface area contributed by atoms with Crippen molar-refractivity contribution in [1.29, 1.82) is 0 Å². The van der Waals surface area contributed by atoms with Crippen molar-refractivity contribution >= 4 is 17.9 Å². The molecule has 2 atom stereocenters. The van der Waals surface area contributed by atoms with Gasteiger partial charge in [-0.25, -0.2) is 4.79 Å². The maximum absolute atomic E-state index is 14.4. The molecule has 0 radical (unpaired) electrons. The van der Waals surface area contributed by atoms with Gasteiger partial charge in [-0.05, 0) is 95.8 Å². The molecule has 0 heterocycles. The first-order valence-corrected chi connectivity index (χ1v) is 14.2. The zero-order valence-electron chi connectivity index (χ0n) is 25.7. The van der Waals surface area contributed by atoms with E-state index in [-0.39, 0.29) is 30.4 Å². The number of alkyl carbamates (subject to hydrolysis) is 1. The van der Waals surface area contributed by atoms with Crippen molar-refractivity contribution in [2.45, 2.75) is 104 Å². The van der Waals surface area contributed by atoms with Gasteiger partial charge in [-0.15, -0.1) is 0 Å². The Hall–Kier alpha value is -3.75. The molecule has 0 bridgehead atoms. The van der Waals surface area contributed by atoms with E-state index in [2.05, 4.69) is 17.6 Å². The van der Waals surface area contributed by atoms with Crippen LogP contribution >= 0.6 is 0 Å². The van der Waals surface area contributed by atoms with E-state index in [1.165, 1.54) is 23.1 Å². The third-order valence-corrected chi connectivity index (χ3v) is 6.25. The van der Waals surface area contributed by atoms with Crippen molar-refractivity contribution in [2.24, 2.45) is 0 Å². The zero-order chi connectivity index (χ0) is 31.0. The van der Waals surface area contributed by atoms with E-state index in [1.54, 1.807) is 52.0 Å². The number of aryl methyl sites for hydroxylation is 1. The van der Waals surface area contributed by atoms with Crippen LogP contribution in [0.2, 0.25) is 0 Å². The van der Waals surface area contributed by atoms with Crippen LogP contribution in [0.15, 0.2) is 42.5 Å². The van der Waals surface area contributed by atoms with Gasteiger partial charge >= 0.3 is 6.09 Å². The number of nitrogens with zero attached hydrogens (tertiary/aromatic N) is 1. The summed E-state index contributed by atoms with van der Waals surface area (Å²) in [6, 6.07) is 9.19. The predicted octanol–water partition coefficient (Wildman–Crippen LogP) is 5.52. The Balaban J connectivity index is 2.62. The van der Waals surface area contributed by atoms with Crippen LogP contribution in [0.4, 0.5) is 4.79 Å². The second-order valence-corrected chi connectivity index (χ2v) is 12.5. The summed E-state index contributed by atoms with van der Waals surface area (Å²) in [4.78, 5) is 42.7. The van der Waals surface area contributed by atoms with E-state index in [9.17, 15) is 24.6 Å². The minimum Gasteiger partial charge on any atom is -0.508 e. The lowest BCUT2D eigenvalue weighted by Crippen LogP contribution is -2.55. The Bertz CT molecular complexity index is 1180. The number of amides is 3. The molecule has 0 aromatic heterocycles. The Morgan fingerprint density at radius 2 is 1.59 bits per heavy atom. The summed E-state index contributed by atoms with van der Waals surface area (Å²) in [5, 5.41) is 25.7. The molecule has 0 spiro atoms. The number of nitrogens with one attached hydrogen (secondary N) is 2. The number of carbonyl (C=O) groups is 3. The largest absolute Gasteiger partial charge is 0.508 e. The normalized spacial score (nSPS) is 13.2. The molecule has 9 nitrogen and oxygen atoms in total. The van der Waals surface area contributed by atoms with Gasteiger partial charge in [-0.1, -0.05) is 38.0 Å². The minimum absolute atomic E-state index is 0.0829. The second kappa shape index (κ2) is 14.2. The fourth-order valence-corrected chi connectivity index (χ4v) is 4.38. The highest BCUT2D eigenvalue weighted by atomic mass is 16.6. The molecule has 2 rings (SSSR count). The summed E-state index contributed by atoms with van der Waals surface area (Å²) >= 11 is 0. The topological polar surface area (TPSA) is 128 Å². The first kappa shape index (κ1) is 33.5. The number of phenolic OH excluding ortho intramolecular Hbond substituents is 2. The highest BCUT2D eigenvalue weighted by Crippen LogP contribution is 2.28. The molecule has 41 heavy (non-hydrogen) atoms. The van der Waals surface area contributed by atoms with Crippen LogP contribution in [-0.2, 0) is 20.7 Å². The van der Waals surface area contributed by atoms with E-state index in [0.29, 0.717) is 23.1 Å². The molecule has 0 aliphatic heterocycles. The number of aromatic hydroxyl groups is 2. The maximum atomic E-state index is 14.4. The summed E-state index contributed by atoms with van der Waals surface area (Å²) < 4.78 is 5.47. The third-order valence-electron chi connectivity index (χ3n) is 6.25. The van der Waals surface area contributed by atoms with E-state index in [4.69, 9.17) is 4.74 Å². The summed E-state index contributed by atoms with van der Waals surface area (Å²) in [6.07, 6.45) is 1.77. The summed E-state index contributed by atoms with van der Waals surface area (Å²) in [5.41, 5.74) is 0.481. The van der Waals surface area contributed by atoms with Crippen LogP contribution in [0, 0.1) is 6.92 Å². The lowest BCUT2D eigenvalue weighted by Gasteiger charge is -2.36. The molecule has 0 saturated heterocycles. The monoisotopic (exact) mass is 569 g/mol. The van der Waals surface area contributed by atoms with Gasteiger partial charge in [0.1, 0.15) is 29.2 Å². The quantitative estimate of drug-likeness (QED) is 0.264. The molecule has 0 saturated carbocycles. The number of phenols is 2. The Labute approximate surface area is 244 Å². The standard InChI is InChI=1S/C32H47N3O6/c1-9-10-11-18-35(27(28(38)34-31(3,4)5)23-14-17-26(37)21(2)19-23)29(39)25(33-30(40)41-32(6,7)8)20-22-12-15-24(36)16-13-22/h12-17,19,25,27,36-37H,9-11,18,20H2,1-8H3,(H,33,40)(H,34,38). The van der Waals surface area contributed by atoms with Gasteiger partial charge < -0.3 is 30.5 Å². The second-order valence-electron chi connectivity index (χ2n) is 12.5. The number of ether oxygens (including phenoxy) is 1. The predicted molar refractivity (Wildman–Crippen MR) is 160 cm³/mol. The number of benzene rings is 2. The van der Waals surface area contributed by atoms with Crippen molar-refractivity contribution in [2.75, 3.05) is 6.54 Å². The lowest BCUT2D eigenvalue weighted by atomic mass is 9.97. The summed E-state index contributed by atoms with van der Waals surface area (Å²) in [5.74, 6) is -0.642. The fraction of sp³-hybridized carbons (Fsp3) is 0.531. The van der Waals surface area contributed by atoms with E-state index in [0.717, 1.165) is 12.8 Å². The van der Waals surface area contributed by atoms with Crippen LogP contribution in [0.5, 0.6) is 11.5 Å². The molecular weight excluding hydrogens is 522 g/mol. The van der Waals surface area contributed by atoms with Gasteiger partial charge in [0.15, 0.2) is 0 Å². The van der Waals surface area contributed by atoms with Crippen molar-refractivity contribution in [3.05, 3.63) is 59.2 Å². The number of hydrogen-bond donors (Lipinski definition) is 4. The van der Waals surface area contributed by atoms with Gasteiger partial charge in [-0.3, -0.25) is 9.59 Å². The highest BCUT2D eigenvalue weighted by Gasteiger charge is 2.37. The minimum atomic E-state index is -1.06. The smallest absolute Gasteiger partial charge is 0.408 e. The van der Waals surface area contributed by atoms with E-state index in [1.807, 2.05) is 20.8 Å². The fourth-order valence-electron chi connectivity index (χ4n) is 4.38. The number of unbranched alkanes of at least 4 members (excludes halogenated alkanes) is 2. The van der Waals surface area contributed by atoms with Gasteiger partial charge in [0.25, 0.3) is 0 Å². The van der Waals surface area contributed by atoms with Crippen molar-refractivity contribution in [3.8, 4) is 11.5 Å². The van der Waals surface area contributed by atoms with Crippen LogP contribution in [0.1, 0.15) is 90.5 Å². The average molecular weight is 570 g/mol. The van der Waals surface area contributed by atoms with Gasteiger partial charge in [0.05, 0.1) is 0 Å². The molecule has 3 amide bonds. The zero-order valence-corrected chi connectivity index (χ0v) is 25.7. The molecule has 0 aliphatic carbocycles. The molecule has 0 fully saturated rings. The van der Waals surface area contributed by atoms with Gasteiger partial charge in [0.2, 0.25) is 11.8 Å². The Morgan fingerprint density at radius 1 is 0.951 bits per heavy atom. The number of carbonyl (C=O) groups excluding carboxylic acids is 3. The highest BCUT2D eigenvalue weighted by molar-refractivity contribution is 5.92. The number of hydrogen-bond acceptors (Lipinski definition) is 6. The van der Waals surface area contributed by atoms with Crippen LogP contribution < -0.4 is 10.6 Å². The molecule has 2 unspecified atom stereocenters. The van der Waals surface area contributed by atoms with Crippen LogP contribution in [0.25, 0.3) is 0 Å². The first-order valence-electron chi connectivity index (χ1n) is 14.2. The third kappa shape index (κ3) is 11.0. The van der Waals surface area contributed by atoms with E-state index < -0.39 is 35.2 Å². The summed E-state index contributed by atoms with van der Waals surface area (Å²) in [6.45, 7) is 14.9. The van der Waals surface area contributed by atoms with Gasteiger partial charge in [-0.2, -0.15) is 0 Å². The number of rotatable bonds is 11. The van der Waals surface area contributed by atoms with Crippen LogP contribution in [0.3, 0.4) is 0 Å². The molecule has 226 valence electrons. The lowest BCUT2D eigenvalue weighted by molar-refractivity contribution is -0.143. The van der Waals surface area contributed by atoms with Crippen molar-refractivity contribution < 1.29 is 29.3 Å². The Morgan fingerprint density at radius 3 is 2.12 bits per heavy atom. The van der Waals surface area contributed by atoms with E-state index >= 15 is 0 Å². The average Bonchev–Trinajstić information content (AvgIpc) is 2.83. The molecular formula is C32H47N3O6. The molecule has 4 N–H and O–H groups in total. The van der Waals surface area contributed by atoms with Gasteiger partial charge in [0, 0.05) is 18.5 Å². The molecule has 0 aliphatic rings. The SMILES string of the molecule is CCCCCN(C(=O)C(Cc1ccc(O)cc1)NC(=O)OC(C)(C)C)C(C(=O)NC(C)(C)C)c1ccc(O)c(C)c1. The maximum Gasteiger partial charge on any atom is 0.408 e. The van der Waals surface area contributed by atoms with Crippen molar-refractivity contribution in [1.82, 2.24) is 15.5 Å².